The SMILES string of the molecule is CCOP(=O)(COc1ccc(CC(CCN(CC(C)C)S(=O)(=O)c2ccc(OC)cc2)NC(=O)O[C@H]2CO[C@@]3(C)OCC[C@@H]23)cc1)OCC. The summed E-state index contributed by atoms with van der Waals surface area (Å²) >= 11 is 0. The van der Waals surface area contributed by atoms with Crippen LogP contribution in [0.3, 0.4) is 0 Å². The van der Waals surface area contributed by atoms with E-state index >= 15 is 0 Å². The van der Waals surface area contributed by atoms with Gasteiger partial charge >= 0.3 is 13.7 Å². The number of methoxy groups -OCH3 is 1. The van der Waals surface area contributed by atoms with Crippen molar-refractivity contribution in [1.82, 2.24) is 9.62 Å². The number of hydrogen-bond acceptors (Lipinski definition) is 11. The van der Waals surface area contributed by atoms with E-state index in [9.17, 15) is 17.8 Å². The highest BCUT2D eigenvalue weighted by Gasteiger charge is 2.53. The molecule has 0 aromatic heterocycles. The molecule has 4 rings (SSSR count). The van der Waals surface area contributed by atoms with Crippen LogP contribution in [-0.2, 0) is 44.3 Å². The number of nitrogens with zero attached hydrogens (tertiary/aromatic N) is 1. The summed E-state index contributed by atoms with van der Waals surface area (Å²) in [7, 11) is -5.71. The average Bonchev–Trinajstić information content (AvgIpc) is 3.59. The summed E-state index contributed by atoms with van der Waals surface area (Å²) in [6.45, 7) is 10.9. The van der Waals surface area contributed by atoms with Crippen molar-refractivity contribution in [2.45, 2.75) is 76.7 Å². The number of rotatable bonds is 19. The highest BCUT2D eigenvalue weighted by molar-refractivity contribution is 7.89. The zero-order valence-electron chi connectivity index (χ0n) is 29.3. The molecule has 274 valence electrons. The predicted molar refractivity (Wildman–Crippen MR) is 183 cm³/mol. The molecule has 13 nitrogen and oxygen atoms in total. The van der Waals surface area contributed by atoms with Gasteiger partial charge in [0.1, 0.15) is 17.6 Å². The van der Waals surface area contributed by atoms with E-state index in [2.05, 4.69) is 5.32 Å². The van der Waals surface area contributed by atoms with Gasteiger partial charge in [-0.05, 0) is 87.9 Å². The maximum Gasteiger partial charge on any atom is 0.407 e. The summed E-state index contributed by atoms with van der Waals surface area (Å²) in [5, 5.41) is 2.99. The monoisotopic (exact) mass is 726 g/mol. The number of hydrogen-bond donors (Lipinski definition) is 1. The standard InChI is InChI=1S/C34H51N2O11PS/c1-7-45-48(38,46-8-2)24-42-29-11-9-26(10-12-29)21-27(35-33(37)47-32-23-44-34(5)31(32)18-20-43-34)17-19-36(22-25(3)4)49(39,40)30-15-13-28(41-6)14-16-30/h9-16,25,27,31-32H,7-8,17-24H2,1-6H3,(H,35,37)/t27?,31-,32-,34+/m0/s1. The minimum Gasteiger partial charge on any atom is -0.497 e. The second kappa shape index (κ2) is 17.5. The Morgan fingerprint density at radius 3 is 2.31 bits per heavy atom. The first-order chi connectivity index (χ1) is 23.3. The molecule has 2 fully saturated rings. The highest BCUT2D eigenvalue weighted by Crippen LogP contribution is 2.48. The average molecular weight is 727 g/mol. The van der Waals surface area contributed by atoms with Crippen LogP contribution in [0.25, 0.3) is 0 Å². The van der Waals surface area contributed by atoms with Crippen molar-refractivity contribution in [3.63, 3.8) is 0 Å². The Balaban J connectivity index is 1.48. The lowest BCUT2D eigenvalue weighted by atomic mass is 9.96. The Labute approximate surface area is 290 Å². The van der Waals surface area contributed by atoms with Gasteiger partial charge in [-0.25, -0.2) is 13.2 Å². The Morgan fingerprint density at radius 1 is 1.04 bits per heavy atom. The van der Waals surface area contributed by atoms with Gasteiger partial charge in [0, 0.05) is 19.1 Å². The summed E-state index contributed by atoms with van der Waals surface area (Å²) in [6.07, 6.45) is 0.133. The molecule has 0 spiro atoms. The van der Waals surface area contributed by atoms with Crippen LogP contribution in [0.15, 0.2) is 53.4 Å². The molecule has 0 saturated carbocycles. The minimum absolute atomic E-state index is 0.0583. The van der Waals surface area contributed by atoms with Gasteiger partial charge in [-0.15, -0.1) is 0 Å². The molecule has 0 bridgehead atoms. The third-order valence-corrected chi connectivity index (χ3v) is 12.1. The number of benzene rings is 2. The largest absolute Gasteiger partial charge is 0.497 e. The quantitative estimate of drug-likeness (QED) is 0.175. The number of ether oxygens (including phenoxy) is 5. The lowest BCUT2D eigenvalue weighted by molar-refractivity contribution is -0.181. The van der Waals surface area contributed by atoms with E-state index in [4.69, 9.17) is 32.7 Å². The molecule has 2 saturated heterocycles. The maximum absolute atomic E-state index is 13.8. The van der Waals surface area contributed by atoms with Crippen molar-refractivity contribution in [1.29, 1.82) is 0 Å². The van der Waals surface area contributed by atoms with Gasteiger partial charge in [0.05, 0.1) is 44.4 Å². The summed E-state index contributed by atoms with van der Waals surface area (Å²) in [5.41, 5.74) is 0.866. The molecule has 4 atom stereocenters. The molecular formula is C34H51N2O11PS. The van der Waals surface area contributed by atoms with Gasteiger partial charge in [-0.2, -0.15) is 4.31 Å². The molecule has 0 radical (unpaired) electrons. The molecular weight excluding hydrogens is 675 g/mol. The van der Waals surface area contributed by atoms with Crippen LogP contribution in [0.1, 0.15) is 53.0 Å². The molecule has 1 N–H and O–H groups in total. The van der Waals surface area contributed by atoms with Crippen LogP contribution >= 0.6 is 7.60 Å². The number of sulfonamides is 1. The molecule has 2 aliphatic heterocycles. The second-order valence-corrected chi connectivity index (χ2v) is 16.6. The van der Waals surface area contributed by atoms with E-state index in [1.54, 1.807) is 38.1 Å². The number of carbonyl (C=O) groups excluding carboxylic acids is 1. The molecule has 2 aromatic carbocycles. The normalized spacial score (nSPS) is 21.5. The first-order valence-electron chi connectivity index (χ1n) is 16.8. The van der Waals surface area contributed by atoms with Crippen LogP contribution in [-0.4, -0.2) is 89.7 Å². The topological polar surface area (TPSA) is 148 Å². The first kappa shape index (κ1) is 39.1. The maximum atomic E-state index is 13.8. The van der Waals surface area contributed by atoms with Gasteiger partial charge in [-0.3, -0.25) is 4.57 Å². The summed E-state index contributed by atoms with van der Waals surface area (Å²) in [6, 6.07) is 13.0. The predicted octanol–water partition coefficient (Wildman–Crippen LogP) is 5.82. The first-order valence-corrected chi connectivity index (χ1v) is 20.0. The number of fused-ring (bicyclic) bond motifs is 1. The van der Waals surface area contributed by atoms with Crippen molar-refractivity contribution in [3.8, 4) is 11.5 Å². The van der Waals surface area contributed by atoms with Crippen molar-refractivity contribution in [3.05, 3.63) is 54.1 Å². The van der Waals surface area contributed by atoms with Crippen LogP contribution in [0.2, 0.25) is 0 Å². The molecule has 49 heavy (non-hydrogen) atoms. The number of carbonyl (C=O) groups is 1. The fraction of sp³-hybridized carbons (Fsp3) is 0.618. The Hall–Kier alpha value is -2.71. The lowest BCUT2D eigenvalue weighted by Crippen LogP contribution is -2.43. The Morgan fingerprint density at radius 2 is 1.69 bits per heavy atom. The molecule has 0 aliphatic carbocycles. The smallest absolute Gasteiger partial charge is 0.407 e. The van der Waals surface area contributed by atoms with Crippen molar-refractivity contribution in [2.24, 2.45) is 11.8 Å². The second-order valence-electron chi connectivity index (χ2n) is 12.6. The molecule has 1 unspecified atom stereocenters. The van der Waals surface area contributed by atoms with Gasteiger partial charge in [0.25, 0.3) is 0 Å². The molecule has 2 aliphatic rings. The number of amides is 1. The van der Waals surface area contributed by atoms with Crippen LogP contribution in [0, 0.1) is 11.8 Å². The van der Waals surface area contributed by atoms with Crippen LogP contribution in [0.4, 0.5) is 4.79 Å². The van der Waals surface area contributed by atoms with Crippen molar-refractivity contribution < 1.29 is 50.5 Å². The Bertz CT molecular complexity index is 1500. The van der Waals surface area contributed by atoms with E-state index in [-0.39, 0.29) is 49.4 Å². The summed E-state index contributed by atoms with van der Waals surface area (Å²) in [5.74, 6) is 0.261. The summed E-state index contributed by atoms with van der Waals surface area (Å²) < 4.78 is 80.7. The van der Waals surface area contributed by atoms with E-state index in [0.29, 0.717) is 37.5 Å². The third-order valence-electron chi connectivity index (χ3n) is 8.49. The fourth-order valence-corrected chi connectivity index (χ4v) is 8.99. The zero-order chi connectivity index (χ0) is 35.7. The summed E-state index contributed by atoms with van der Waals surface area (Å²) in [4.78, 5) is 13.5. The zero-order valence-corrected chi connectivity index (χ0v) is 31.0. The van der Waals surface area contributed by atoms with Gasteiger partial charge < -0.3 is 38.0 Å². The van der Waals surface area contributed by atoms with E-state index < -0.39 is 41.6 Å². The van der Waals surface area contributed by atoms with Gasteiger partial charge in [0.2, 0.25) is 10.0 Å². The minimum atomic E-state index is -3.84. The number of nitrogens with one attached hydrogen (secondary N) is 1. The third kappa shape index (κ3) is 10.6. The number of alkyl carbamates (subject to hydrolysis) is 1. The van der Waals surface area contributed by atoms with Crippen molar-refractivity contribution in [2.75, 3.05) is 53.0 Å². The highest BCUT2D eigenvalue weighted by atomic mass is 32.2. The lowest BCUT2D eigenvalue weighted by Gasteiger charge is -2.27. The molecule has 15 heteroatoms. The van der Waals surface area contributed by atoms with Gasteiger partial charge in [0.15, 0.2) is 12.1 Å². The molecule has 1 amide bonds. The van der Waals surface area contributed by atoms with E-state index in [1.165, 1.54) is 23.5 Å². The molecule has 2 aromatic rings. The Kier molecular flexibility index (Phi) is 13.9. The molecule has 2 heterocycles. The van der Waals surface area contributed by atoms with Crippen molar-refractivity contribution >= 4 is 23.7 Å². The van der Waals surface area contributed by atoms with Gasteiger partial charge in [-0.1, -0.05) is 26.0 Å². The fourth-order valence-electron chi connectivity index (χ4n) is 6.05. The van der Waals surface area contributed by atoms with E-state index in [1.807, 2.05) is 32.9 Å². The van der Waals surface area contributed by atoms with E-state index in [0.717, 1.165) is 12.0 Å². The van der Waals surface area contributed by atoms with Crippen LogP contribution in [0.5, 0.6) is 11.5 Å². The van der Waals surface area contributed by atoms with Crippen LogP contribution < -0.4 is 14.8 Å².